The SMILES string of the molecule is O=C(CN1CCN(C(=O)CCCCC2CCSS2)CC1)Nc1cccc(F)c1. The molecule has 2 aliphatic rings. The minimum Gasteiger partial charge on any atom is -0.340 e. The number of unbranched alkanes of at least 4 members (excludes halogenated alkanes) is 1. The molecule has 3 rings (SSSR count). The minimum absolute atomic E-state index is 0.159. The third kappa shape index (κ3) is 6.97. The lowest BCUT2D eigenvalue weighted by Gasteiger charge is -2.34. The van der Waals surface area contributed by atoms with Crippen LogP contribution in [0.1, 0.15) is 32.1 Å². The van der Waals surface area contributed by atoms with E-state index in [1.165, 1.54) is 30.7 Å². The Bertz CT molecular complexity index is 663. The number of anilines is 1. The highest BCUT2D eigenvalue weighted by molar-refractivity contribution is 8.77. The summed E-state index contributed by atoms with van der Waals surface area (Å²) in [5.74, 6) is 0.968. The first-order valence-corrected chi connectivity index (χ1v) is 12.3. The van der Waals surface area contributed by atoms with Gasteiger partial charge in [0, 0.05) is 49.3 Å². The van der Waals surface area contributed by atoms with Gasteiger partial charge < -0.3 is 10.2 Å². The predicted molar refractivity (Wildman–Crippen MR) is 115 cm³/mol. The van der Waals surface area contributed by atoms with Crippen LogP contribution in [0.2, 0.25) is 0 Å². The van der Waals surface area contributed by atoms with Gasteiger partial charge in [-0.25, -0.2) is 4.39 Å². The van der Waals surface area contributed by atoms with Gasteiger partial charge in [0.15, 0.2) is 0 Å². The lowest BCUT2D eigenvalue weighted by Crippen LogP contribution is -2.50. The van der Waals surface area contributed by atoms with Gasteiger partial charge in [0.2, 0.25) is 11.8 Å². The zero-order valence-electron chi connectivity index (χ0n) is 16.1. The Balaban J connectivity index is 1.30. The molecule has 0 radical (unpaired) electrons. The molecule has 1 unspecified atom stereocenters. The van der Waals surface area contributed by atoms with Crippen molar-refractivity contribution in [2.24, 2.45) is 0 Å². The molecule has 28 heavy (non-hydrogen) atoms. The van der Waals surface area contributed by atoms with E-state index in [0.717, 1.165) is 18.1 Å². The Hall–Kier alpha value is -1.25. The van der Waals surface area contributed by atoms with Crippen LogP contribution in [0.25, 0.3) is 0 Å². The van der Waals surface area contributed by atoms with Gasteiger partial charge in [-0.15, -0.1) is 0 Å². The zero-order chi connectivity index (χ0) is 19.8. The van der Waals surface area contributed by atoms with Gasteiger partial charge in [-0.2, -0.15) is 0 Å². The monoisotopic (exact) mass is 425 g/mol. The van der Waals surface area contributed by atoms with Crippen molar-refractivity contribution in [2.45, 2.75) is 37.4 Å². The number of hydrogen-bond donors (Lipinski definition) is 1. The average Bonchev–Trinajstić information content (AvgIpc) is 3.19. The van der Waals surface area contributed by atoms with Crippen molar-refractivity contribution in [1.29, 1.82) is 0 Å². The highest BCUT2D eigenvalue weighted by Gasteiger charge is 2.22. The Morgan fingerprint density at radius 2 is 2.00 bits per heavy atom. The maximum Gasteiger partial charge on any atom is 0.238 e. The smallest absolute Gasteiger partial charge is 0.238 e. The number of halogens is 1. The first-order chi connectivity index (χ1) is 13.6. The minimum atomic E-state index is -0.370. The summed E-state index contributed by atoms with van der Waals surface area (Å²) < 4.78 is 13.2. The van der Waals surface area contributed by atoms with Gasteiger partial charge in [-0.05, 0) is 37.5 Å². The summed E-state index contributed by atoms with van der Waals surface area (Å²) in [6.07, 6.45) is 5.25. The molecule has 8 heteroatoms. The van der Waals surface area contributed by atoms with E-state index in [4.69, 9.17) is 0 Å². The van der Waals surface area contributed by atoms with Crippen molar-refractivity contribution in [3.63, 3.8) is 0 Å². The fourth-order valence-corrected chi connectivity index (χ4v) is 6.52. The summed E-state index contributed by atoms with van der Waals surface area (Å²) in [6, 6.07) is 5.89. The quantitative estimate of drug-likeness (QED) is 0.509. The van der Waals surface area contributed by atoms with E-state index in [-0.39, 0.29) is 24.2 Å². The normalized spacial score (nSPS) is 20.3. The summed E-state index contributed by atoms with van der Waals surface area (Å²) in [5, 5.41) is 3.50. The van der Waals surface area contributed by atoms with E-state index < -0.39 is 0 Å². The maximum atomic E-state index is 13.2. The van der Waals surface area contributed by atoms with E-state index >= 15 is 0 Å². The molecule has 0 saturated carbocycles. The number of nitrogens with zero attached hydrogens (tertiary/aromatic N) is 2. The molecule has 5 nitrogen and oxygen atoms in total. The first kappa shape index (κ1) is 21.5. The summed E-state index contributed by atoms with van der Waals surface area (Å²) in [5.41, 5.74) is 0.466. The second kappa shape index (κ2) is 11.1. The van der Waals surface area contributed by atoms with E-state index in [9.17, 15) is 14.0 Å². The zero-order valence-corrected chi connectivity index (χ0v) is 17.7. The van der Waals surface area contributed by atoms with Crippen molar-refractivity contribution >= 4 is 39.1 Å². The molecule has 1 aromatic carbocycles. The molecule has 0 spiro atoms. The Kier molecular flexibility index (Phi) is 8.48. The van der Waals surface area contributed by atoms with Crippen molar-refractivity contribution in [3.8, 4) is 0 Å². The summed E-state index contributed by atoms with van der Waals surface area (Å²) >= 11 is 0. The van der Waals surface area contributed by atoms with Gasteiger partial charge in [-0.3, -0.25) is 14.5 Å². The molecule has 2 saturated heterocycles. The maximum absolute atomic E-state index is 13.2. The molecular formula is C20H28FN3O2S2. The van der Waals surface area contributed by atoms with Crippen LogP contribution < -0.4 is 5.32 Å². The molecule has 1 atom stereocenters. The van der Waals surface area contributed by atoms with E-state index in [1.54, 1.807) is 12.1 Å². The summed E-state index contributed by atoms with van der Waals surface area (Å²) in [4.78, 5) is 28.5. The molecule has 1 aromatic rings. The topological polar surface area (TPSA) is 52.7 Å². The Morgan fingerprint density at radius 1 is 1.18 bits per heavy atom. The van der Waals surface area contributed by atoms with Crippen LogP contribution in [-0.2, 0) is 9.59 Å². The van der Waals surface area contributed by atoms with Gasteiger partial charge >= 0.3 is 0 Å². The van der Waals surface area contributed by atoms with E-state index in [0.29, 0.717) is 38.3 Å². The second-order valence-corrected chi connectivity index (χ2v) is 10.1. The standard InChI is InChI=1S/C20H28FN3O2S2/c21-16-4-3-5-17(14-16)22-19(25)15-23-9-11-24(12-10-23)20(26)7-2-1-6-18-8-13-27-28-18/h3-5,14,18H,1-2,6-13,15H2,(H,22,25). The van der Waals surface area contributed by atoms with Gasteiger partial charge in [0.1, 0.15) is 5.82 Å². The highest BCUT2D eigenvalue weighted by Crippen LogP contribution is 2.39. The molecule has 0 aliphatic carbocycles. The fraction of sp³-hybridized carbons (Fsp3) is 0.600. The summed E-state index contributed by atoms with van der Waals surface area (Å²) in [7, 11) is 3.97. The lowest BCUT2D eigenvalue weighted by molar-refractivity contribution is -0.133. The summed E-state index contributed by atoms with van der Waals surface area (Å²) in [6.45, 7) is 2.98. The molecule has 0 bridgehead atoms. The molecule has 2 aliphatic heterocycles. The average molecular weight is 426 g/mol. The van der Waals surface area contributed by atoms with Gasteiger partial charge in [0.25, 0.3) is 0 Å². The number of carbonyl (C=O) groups excluding carboxylic acids is 2. The molecule has 2 heterocycles. The van der Waals surface area contributed by atoms with Crippen LogP contribution in [0.5, 0.6) is 0 Å². The Morgan fingerprint density at radius 3 is 2.71 bits per heavy atom. The van der Waals surface area contributed by atoms with Crippen molar-refractivity contribution in [3.05, 3.63) is 30.1 Å². The molecule has 2 fully saturated rings. The predicted octanol–water partition coefficient (Wildman–Crippen LogP) is 3.62. The van der Waals surface area contributed by atoms with Crippen molar-refractivity contribution in [2.75, 3.05) is 43.8 Å². The van der Waals surface area contributed by atoms with Gasteiger partial charge in [0.05, 0.1) is 6.54 Å². The molecule has 1 N–H and O–H groups in total. The van der Waals surface area contributed by atoms with Crippen LogP contribution in [0.4, 0.5) is 10.1 Å². The van der Waals surface area contributed by atoms with Crippen molar-refractivity contribution < 1.29 is 14.0 Å². The molecule has 0 aromatic heterocycles. The van der Waals surface area contributed by atoms with Crippen LogP contribution in [0, 0.1) is 5.82 Å². The molecule has 2 amide bonds. The van der Waals surface area contributed by atoms with E-state index in [2.05, 4.69) is 5.32 Å². The van der Waals surface area contributed by atoms with Gasteiger partial charge in [-0.1, -0.05) is 34.1 Å². The number of rotatable bonds is 8. The van der Waals surface area contributed by atoms with Crippen LogP contribution >= 0.6 is 21.6 Å². The number of amides is 2. The number of piperazine rings is 1. The van der Waals surface area contributed by atoms with Crippen LogP contribution in [0.15, 0.2) is 24.3 Å². The number of carbonyl (C=O) groups is 2. The van der Waals surface area contributed by atoms with E-state index in [1.807, 2.05) is 31.4 Å². The fourth-order valence-electron chi connectivity index (χ4n) is 3.50. The first-order valence-electron chi connectivity index (χ1n) is 9.94. The van der Waals surface area contributed by atoms with Crippen LogP contribution in [-0.4, -0.2) is 65.3 Å². The second-order valence-electron chi connectivity index (χ2n) is 7.29. The Labute approximate surface area is 174 Å². The molecular weight excluding hydrogens is 397 g/mol. The lowest BCUT2D eigenvalue weighted by atomic mass is 10.1. The number of nitrogens with one attached hydrogen (secondary N) is 1. The molecule has 154 valence electrons. The third-order valence-corrected chi connectivity index (χ3v) is 8.10. The largest absolute Gasteiger partial charge is 0.340 e. The van der Waals surface area contributed by atoms with Crippen LogP contribution in [0.3, 0.4) is 0 Å². The van der Waals surface area contributed by atoms with Crippen molar-refractivity contribution in [1.82, 2.24) is 9.80 Å². The highest BCUT2D eigenvalue weighted by atomic mass is 33.1. The number of benzene rings is 1. The number of hydrogen-bond acceptors (Lipinski definition) is 5. The third-order valence-electron chi connectivity index (χ3n) is 5.09.